The molecule has 1 N–H and O–H groups in total. The maximum absolute atomic E-state index is 12.3. The normalized spacial score (nSPS) is 20.2. The number of hydrogen-bond acceptors (Lipinski definition) is 4. The molecule has 6 nitrogen and oxygen atoms in total. The van der Waals surface area contributed by atoms with Crippen LogP contribution < -0.4 is 10.7 Å². The molecule has 1 saturated heterocycles. The van der Waals surface area contributed by atoms with E-state index in [9.17, 15) is 9.59 Å². The average molecular weight is 342 g/mol. The lowest BCUT2D eigenvalue weighted by molar-refractivity contribution is -0.127. The van der Waals surface area contributed by atoms with Crippen molar-refractivity contribution in [1.29, 1.82) is 0 Å². The molecule has 0 saturated carbocycles. The molecule has 2 heterocycles. The van der Waals surface area contributed by atoms with E-state index in [1.807, 2.05) is 30.3 Å². The number of benzene rings is 1. The maximum Gasteiger partial charge on any atom is 0.240 e. The number of rotatable bonds is 6. The number of pyridine rings is 1. The summed E-state index contributed by atoms with van der Waals surface area (Å²) in [6.07, 6.45) is 3.76. The van der Waals surface area contributed by atoms with E-state index >= 15 is 0 Å². The van der Waals surface area contributed by atoms with Crippen molar-refractivity contribution in [2.24, 2.45) is 0 Å². The van der Waals surface area contributed by atoms with Gasteiger partial charge >= 0.3 is 0 Å². The largest absolute Gasteiger partial charge is 0.379 e. The van der Waals surface area contributed by atoms with Crippen LogP contribution in [0.1, 0.15) is 12.0 Å². The van der Waals surface area contributed by atoms with Crippen LogP contribution in [-0.2, 0) is 27.4 Å². The second kappa shape index (κ2) is 8.60. The first-order chi connectivity index (χ1) is 12.2. The van der Waals surface area contributed by atoms with Crippen LogP contribution in [0.4, 0.5) is 0 Å². The fraction of sp³-hybridized carbons (Fsp3) is 0.368. The Kier molecular flexibility index (Phi) is 5.98. The van der Waals surface area contributed by atoms with Gasteiger partial charge in [-0.05, 0) is 12.0 Å². The summed E-state index contributed by atoms with van der Waals surface area (Å²) in [6.45, 7) is 1.73. The molecule has 0 aliphatic carbocycles. The molecule has 132 valence electrons. The zero-order valence-corrected chi connectivity index (χ0v) is 14.0. The molecule has 0 spiro atoms. The SMILES string of the molecule is O=C(Cn1ccc(=O)cc1)N[C@@H]1CCOC[C@H]1OCc1ccccc1. The van der Waals surface area contributed by atoms with Gasteiger partial charge in [0, 0.05) is 31.1 Å². The topological polar surface area (TPSA) is 69.6 Å². The maximum atomic E-state index is 12.3. The number of nitrogens with one attached hydrogen (secondary N) is 1. The van der Waals surface area contributed by atoms with Crippen molar-refractivity contribution in [3.8, 4) is 0 Å². The number of aromatic nitrogens is 1. The zero-order valence-electron chi connectivity index (χ0n) is 14.0. The minimum atomic E-state index is -0.174. The third-order valence-corrected chi connectivity index (χ3v) is 4.14. The molecule has 1 amide bonds. The van der Waals surface area contributed by atoms with Gasteiger partial charge in [-0.15, -0.1) is 0 Å². The van der Waals surface area contributed by atoms with Crippen molar-refractivity contribution in [3.63, 3.8) is 0 Å². The van der Waals surface area contributed by atoms with Crippen molar-refractivity contribution in [1.82, 2.24) is 9.88 Å². The van der Waals surface area contributed by atoms with E-state index in [0.29, 0.717) is 19.8 Å². The van der Waals surface area contributed by atoms with Crippen LogP contribution in [0, 0.1) is 0 Å². The van der Waals surface area contributed by atoms with Gasteiger partial charge in [0.2, 0.25) is 5.91 Å². The van der Waals surface area contributed by atoms with Gasteiger partial charge in [-0.25, -0.2) is 0 Å². The highest BCUT2D eigenvalue weighted by Gasteiger charge is 2.27. The van der Waals surface area contributed by atoms with E-state index in [0.717, 1.165) is 12.0 Å². The summed E-state index contributed by atoms with van der Waals surface area (Å²) < 4.78 is 13.1. The number of carbonyl (C=O) groups is 1. The average Bonchev–Trinajstić information content (AvgIpc) is 2.64. The van der Waals surface area contributed by atoms with Crippen molar-refractivity contribution in [3.05, 3.63) is 70.6 Å². The lowest BCUT2D eigenvalue weighted by atomic mass is 10.1. The first-order valence-electron chi connectivity index (χ1n) is 8.39. The first kappa shape index (κ1) is 17.4. The third kappa shape index (κ3) is 5.27. The van der Waals surface area contributed by atoms with Gasteiger partial charge in [-0.1, -0.05) is 30.3 Å². The van der Waals surface area contributed by atoms with Gasteiger partial charge in [-0.2, -0.15) is 0 Å². The number of nitrogens with zero attached hydrogens (tertiary/aromatic N) is 1. The predicted molar refractivity (Wildman–Crippen MR) is 93.1 cm³/mol. The summed E-state index contributed by atoms with van der Waals surface area (Å²) in [5.74, 6) is -0.108. The Bertz CT molecular complexity index is 724. The number of carbonyl (C=O) groups excluding carboxylic acids is 1. The van der Waals surface area contributed by atoms with E-state index in [1.165, 1.54) is 12.1 Å². The van der Waals surface area contributed by atoms with E-state index < -0.39 is 0 Å². The Hall–Kier alpha value is -2.44. The molecule has 6 heteroatoms. The van der Waals surface area contributed by atoms with E-state index in [4.69, 9.17) is 9.47 Å². The number of ether oxygens (including phenoxy) is 2. The van der Waals surface area contributed by atoms with Crippen LogP contribution >= 0.6 is 0 Å². The van der Waals surface area contributed by atoms with Crippen molar-refractivity contribution >= 4 is 5.91 Å². The number of amides is 1. The summed E-state index contributed by atoms with van der Waals surface area (Å²) in [6, 6.07) is 12.7. The molecule has 1 aliphatic heterocycles. The van der Waals surface area contributed by atoms with E-state index in [1.54, 1.807) is 17.0 Å². The lowest BCUT2D eigenvalue weighted by Crippen LogP contribution is -2.50. The zero-order chi connectivity index (χ0) is 17.5. The van der Waals surface area contributed by atoms with Gasteiger partial charge in [0.15, 0.2) is 5.43 Å². The lowest BCUT2D eigenvalue weighted by Gasteiger charge is -2.32. The van der Waals surface area contributed by atoms with Gasteiger partial charge in [0.1, 0.15) is 12.6 Å². The smallest absolute Gasteiger partial charge is 0.240 e. The Balaban J connectivity index is 1.54. The second-order valence-corrected chi connectivity index (χ2v) is 6.08. The minimum Gasteiger partial charge on any atom is -0.379 e. The molecular formula is C19H22N2O4. The van der Waals surface area contributed by atoms with E-state index in [2.05, 4.69) is 5.32 Å². The van der Waals surface area contributed by atoms with Gasteiger partial charge in [0.25, 0.3) is 0 Å². The van der Waals surface area contributed by atoms with Gasteiger partial charge < -0.3 is 19.4 Å². The summed E-state index contributed by atoms with van der Waals surface area (Å²) in [4.78, 5) is 23.4. The minimum absolute atomic E-state index is 0.0736. The molecule has 1 aliphatic rings. The molecule has 25 heavy (non-hydrogen) atoms. The molecule has 2 aromatic rings. The van der Waals surface area contributed by atoms with Crippen LogP contribution in [0.5, 0.6) is 0 Å². The first-order valence-corrected chi connectivity index (χ1v) is 8.39. The fourth-order valence-corrected chi connectivity index (χ4v) is 2.79. The molecule has 0 unspecified atom stereocenters. The monoisotopic (exact) mass is 342 g/mol. The summed E-state index contributed by atoms with van der Waals surface area (Å²) in [5.41, 5.74) is 1.02. The summed E-state index contributed by atoms with van der Waals surface area (Å²) in [5, 5.41) is 3.03. The highest BCUT2D eigenvalue weighted by atomic mass is 16.5. The summed E-state index contributed by atoms with van der Waals surface area (Å²) in [7, 11) is 0. The van der Waals surface area contributed by atoms with Crippen molar-refractivity contribution in [2.75, 3.05) is 13.2 Å². The number of hydrogen-bond donors (Lipinski definition) is 1. The van der Waals surface area contributed by atoms with Gasteiger partial charge in [-0.3, -0.25) is 9.59 Å². The van der Waals surface area contributed by atoms with Crippen molar-refractivity contribution in [2.45, 2.75) is 31.7 Å². The highest BCUT2D eigenvalue weighted by Crippen LogP contribution is 2.14. The molecule has 0 radical (unpaired) electrons. The van der Waals surface area contributed by atoms with Crippen molar-refractivity contribution < 1.29 is 14.3 Å². The standard InChI is InChI=1S/C19H22N2O4/c22-16-6-9-21(10-7-16)12-19(23)20-17-8-11-24-14-18(17)25-13-15-4-2-1-3-5-15/h1-7,9-10,17-18H,8,11-14H2,(H,20,23)/t17-,18-/m1/s1. The van der Waals surface area contributed by atoms with E-state index in [-0.39, 0.29) is 30.0 Å². The Morgan fingerprint density at radius 2 is 1.96 bits per heavy atom. The fourth-order valence-electron chi connectivity index (χ4n) is 2.79. The Labute approximate surface area is 146 Å². The molecule has 3 rings (SSSR count). The molecule has 0 bridgehead atoms. The molecule has 2 atom stereocenters. The van der Waals surface area contributed by atoms with Crippen LogP contribution in [0.15, 0.2) is 59.7 Å². The Morgan fingerprint density at radius 1 is 1.20 bits per heavy atom. The molecule has 1 aromatic heterocycles. The van der Waals surface area contributed by atoms with Crippen LogP contribution in [0.3, 0.4) is 0 Å². The highest BCUT2D eigenvalue weighted by molar-refractivity contribution is 5.76. The van der Waals surface area contributed by atoms with Gasteiger partial charge in [0.05, 0.1) is 19.3 Å². The molecule has 1 fully saturated rings. The molecular weight excluding hydrogens is 320 g/mol. The van der Waals surface area contributed by atoms with Crippen LogP contribution in [-0.4, -0.2) is 35.8 Å². The second-order valence-electron chi connectivity index (χ2n) is 6.08. The Morgan fingerprint density at radius 3 is 2.72 bits per heavy atom. The predicted octanol–water partition coefficient (Wildman–Crippen LogP) is 1.34. The third-order valence-electron chi connectivity index (χ3n) is 4.14. The van der Waals surface area contributed by atoms with Crippen LogP contribution in [0.2, 0.25) is 0 Å². The summed E-state index contributed by atoms with van der Waals surface area (Å²) >= 11 is 0. The quantitative estimate of drug-likeness (QED) is 0.860. The molecule has 1 aromatic carbocycles. The van der Waals surface area contributed by atoms with Crippen LogP contribution in [0.25, 0.3) is 0 Å².